The van der Waals surface area contributed by atoms with Crippen LogP contribution < -0.4 is 10.6 Å². The van der Waals surface area contributed by atoms with Crippen molar-refractivity contribution in [3.8, 4) is 0 Å². The van der Waals surface area contributed by atoms with Crippen molar-refractivity contribution < 1.29 is 5.11 Å². The van der Waals surface area contributed by atoms with Crippen LogP contribution in [0.5, 0.6) is 0 Å². The quantitative estimate of drug-likeness (QED) is 0.529. The Hall–Kier alpha value is -0.350. The highest BCUT2D eigenvalue weighted by Gasteiger charge is 2.52. The summed E-state index contributed by atoms with van der Waals surface area (Å²) in [4.78, 5) is 0. The minimum Gasteiger partial charge on any atom is -0.371 e. The van der Waals surface area contributed by atoms with E-state index in [-0.39, 0.29) is 11.0 Å². The minimum atomic E-state index is -0.807. The summed E-state index contributed by atoms with van der Waals surface area (Å²) in [6.07, 6.45) is 2.53. The van der Waals surface area contributed by atoms with Crippen molar-refractivity contribution in [1.29, 1.82) is 0 Å². The molecular formula is C10H18N2OS. The largest absolute Gasteiger partial charge is 0.371 e. The summed E-state index contributed by atoms with van der Waals surface area (Å²) in [5, 5.41) is 17.2. The fraction of sp³-hybridized carbons (Fsp3) is 0.900. The van der Waals surface area contributed by atoms with E-state index in [0.717, 1.165) is 19.3 Å². The van der Waals surface area contributed by atoms with Gasteiger partial charge < -0.3 is 15.7 Å². The summed E-state index contributed by atoms with van der Waals surface area (Å²) >= 11 is 5.10. The average molecular weight is 214 g/mol. The number of aliphatic hydroxyl groups is 1. The predicted octanol–water partition coefficient (Wildman–Crippen LogP) is 1.12. The first-order valence-electron chi connectivity index (χ1n) is 5.05. The molecule has 14 heavy (non-hydrogen) atoms. The third-order valence-corrected chi connectivity index (χ3v) is 3.29. The van der Waals surface area contributed by atoms with Crippen LogP contribution in [0.15, 0.2) is 0 Å². The molecule has 1 heterocycles. The Morgan fingerprint density at radius 2 is 1.79 bits per heavy atom. The number of hydrogen-bond donors (Lipinski definition) is 3. The third-order valence-electron chi connectivity index (χ3n) is 3.08. The molecule has 0 radical (unpaired) electrons. The molecule has 3 nitrogen and oxygen atoms in total. The van der Waals surface area contributed by atoms with Crippen LogP contribution in [-0.2, 0) is 0 Å². The maximum atomic E-state index is 10.3. The monoisotopic (exact) mass is 214 g/mol. The molecule has 2 aliphatic rings. The molecule has 0 aromatic rings. The van der Waals surface area contributed by atoms with E-state index in [1.807, 2.05) is 0 Å². The van der Waals surface area contributed by atoms with Gasteiger partial charge in [0.1, 0.15) is 5.72 Å². The van der Waals surface area contributed by atoms with Crippen LogP contribution >= 0.6 is 12.2 Å². The highest BCUT2D eigenvalue weighted by molar-refractivity contribution is 7.80. The van der Waals surface area contributed by atoms with Crippen LogP contribution in [0.4, 0.5) is 0 Å². The number of hydrogen-bond acceptors (Lipinski definition) is 2. The molecule has 1 saturated carbocycles. The van der Waals surface area contributed by atoms with Crippen molar-refractivity contribution in [2.45, 2.75) is 51.3 Å². The summed E-state index contributed by atoms with van der Waals surface area (Å²) in [5.74, 6) is 0. The summed E-state index contributed by atoms with van der Waals surface area (Å²) in [5.41, 5.74) is -0.713. The van der Waals surface area contributed by atoms with E-state index in [2.05, 4.69) is 31.4 Å². The van der Waals surface area contributed by atoms with Gasteiger partial charge in [-0.05, 0) is 31.0 Å². The van der Waals surface area contributed by atoms with Crippen molar-refractivity contribution in [1.82, 2.24) is 10.6 Å². The first kappa shape index (κ1) is 10.2. The number of nitrogens with one attached hydrogen (secondary N) is 2. The Bertz CT molecular complexity index is 260. The van der Waals surface area contributed by atoms with Crippen LogP contribution in [0.3, 0.4) is 0 Å². The van der Waals surface area contributed by atoms with Gasteiger partial charge >= 0.3 is 0 Å². The van der Waals surface area contributed by atoms with Crippen LogP contribution in [0.2, 0.25) is 0 Å². The lowest BCUT2D eigenvalue weighted by Gasteiger charge is -2.55. The molecule has 2 atom stereocenters. The fourth-order valence-corrected chi connectivity index (χ4v) is 3.81. The van der Waals surface area contributed by atoms with E-state index in [0.29, 0.717) is 5.11 Å². The number of fused-ring (bicyclic) bond motifs is 2. The van der Waals surface area contributed by atoms with Gasteiger partial charge in [0.25, 0.3) is 0 Å². The second-order valence-corrected chi connectivity index (χ2v) is 6.27. The third kappa shape index (κ3) is 1.73. The van der Waals surface area contributed by atoms with Gasteiger partial charge in [0.2, 0.25) is 0 Å². The standard InChI is InChI=1S/C10H18N2OS/c1-8(2)4-9(3)6-10(13,5-8)12-7(14)11-9/h13H,4-6H2,1-3H3,(H2,11,12,14). The molecule has 0 aromatic carbocycles. The molecular weight excluding hydrogens is 196 g/mol. The van der Waals surface area contributed by atoms with Gasteiger partial charge in [-0.2, -0.15) is 0 Å². The van der Waals surface area contributed by atoms with Crippen LogP contribution in [0.1, 0.15) is 40.0 Å². The predicted molar refractivity (Wildman–Crippen MR) is 59.9 cm³/mol. The van der Waals surface area contributed by atoms with Crippen molar-refractivity contribution in [3.05, 3.63) is 0 Å². The molecule has 3 N–H and O–H groups in total. The number of thiocarbonyl (C=S) groups is 1. The molecule has 2 unspecified atom stereocenters. The molecule has 2 bridgehead atoms. The van der Waals surface area contributed by atoms with Crippen molar-refractivity contribution >= 4 is 17.3 Å². The van der Waals surface area contributed by atoms with Crippen molar-refractivity contribution in [3.63, 3.8) is 0 Å². The van der Waals surface area contributed by atoms with E-state index in [1.54, 1.807) is 0 Å². The van der Waals surface area contributed by atoms with Gasteiger partial charge in [-0.3, -0.25) is 0 Å². The molecule has 1 saturated heterocycles. The Labute approximate surface area is 90.3 Å². The van der Waals surface area contributed by atoms with E-state index in [9.17, 15) is 5.11 Å². The van der Waals surface area contributed by atoms with Crippen LogP contribution in [0, 0.1) is 5.41 Å². The van der Waals surface area contributed by atoms with Crippen LogP contribution in [-0.4, -0.2) is 21.5 Å². The maximum Gasteiger partial charge on any atom is 0.168 e. The summed E-state index contributed by atoms with van der Waals surface area (Å²) < 4.78 is 0. The molecule has 1 aliphatic carbocycles. The van der Waals surface area contributed by atoms with Gasteiger partial charge in [-0.15, -0.1) is 0 Å². The molecule has 1 aliphatic heterocycles. The molecule has 0 aromatic heterocycles. The van der Waals surface area contributed by atoms with E-state index < -0.39 is 5.72 Å². The SMILES string of the molecule is CC1(C)CC2(C)CC(O)(C1)NC(=S)N2. The summed E-state index contributed by atoms with van der Waals surface area (Å²) in [7, 11) is 0. The molecule has 2 fully saturated rings. The smallest absolute Gasteiger partial charge is 0.168 e. The first-order chi connectivity index (χ1) is 6.22. The van der Waals surface area contributed by atoms with E-state index in [4.69, 9.17) is 12.2 Å². The lowest BCUT2D eigenvalue weighted by atomic mass is 9.64. The maximum absolute atomic E-state index is 10.3. The summed E-state index contributed by atoms with van der Waals surface area (Å²) in [6.45, 7) is 6.51. The zero-order valence-electron chi connectivity index (χ0n) is 8.98. The Kier molecular flexibility index (Phi) is 1.90. The van der Waals surface area contributed by atoms with Crippen molar-refractivity contribution in [2.24, 2.45) is 5.41 Å². The Morgan fingerprint density at radius 1 is 1.14 bits per heavy atom. The Morgan fingerprint density at radius 3 is 2.36 bits per heavy atom. The zero-order valence-corrected chi connectivity index (χ0v) is 9.79. The first-order valence-corrected chi connectivity index (χ1v) is 5.46. The van der Waals surface area contributed by atoms with Crippen molar-refractivity contribution in [2.75, 3.05) is 0 Å². The van der Waals surface area contributed by atoms with Crippen LogP contribution in [0.25, 0.3) is 0 Å². The average Bonchev–Trinajstić information content (AvgIpc) is 1.71. The lowest BCUT2D eigenvalue weighted by Crippen LogP contribution is -2.71. The molecule has 4 heteroatoms. The highest BCUT2D eigenvalue weighted by atomic mass is 32.1. The highest BCUT2D eigenvalue weighted by Crippen LogP contribution is 2.46. The number of rotatable bonds is 0. The fourth-order valence-electron chi connectivity index (χ4n) is 3.37. The van der Waals surface area contributed by atoms with Gasteiger partial charge in [-0.25, -0.2) is 0 Å². The van der Waals surface area contributed by atoms with Gasteiger partial charge in [0.15, 0.2) is 5.11 Å². The lowest BCUT2D eigenvalue weighted by molar-refractivity contribution is -0.0923. The zero-order chi connectivity index (χ0) is 10.6. The minimum absolute atomic E-state index is 0.0567. The van der Waals surface area contributed by atoms with Gasteiger partial charge in [-0.1, -0.05) is 13.8 Å². The Balaban J connectivity index is 2.32. The second-order valence-electron chi connectivity index (χ2n) is 5.87. The molecule has 80 valence electrons. The normalized spacial score (nSPS) is 45.3. The second kappa shape index (κ2) is 2.61. The molecule has 0 spiro atoms. The molecule has 2 rings (SSSR count). The summed E-state index contributed by atoms with van der Waals surface area (Å²) in [6, 6.07) is 0. The van der Waals surface area contributed by atoms with Gasteiger partial charge in [0.05, 0.1) is 0 Å². The topological polar surface area (TPSA) is 44.3 Å². The van der Waals surface area contributed by atoms with Gasteiger partial charge in [0, 0.05) is 18.4 Å². The van der Waals surface area contributed by atoms with E-state index >= 15 is 0 Å². The molecule has 0 amide bonds. The van der Waals surface area contributed by atoms with E-state index in [1.165, 1.54) is 0 Å².